The Morgan fingerprint density at radius 2 is 1.60 bits per heavy atom. The highest BCUT2D eigenvalue weighted by molar-refractivity contribution is 5.83. The number of carbonyl (C=O) groups is 1. The van der Waals surface area contributed by atoms with E-state index in [1.165, 1.54) is 0 Å². The van der Waals surface area contributed by atoms with Crippen LogP contribution in [0.1, 0.15) is 60.8 Å². The molecule has 20 heavy (non-hydrogen) atoms. The van der Waals surface area contributed by atoms with E-state index in [9.17, 15) is 4.79 Å². The van der Waals surface area contributed by atoms with E-state index >= 15 is 0 Å². The lowest BCUT2D eigenvalue weighted by Crippen LogP contribution is -2.20. The summed E-state index contributed by atoms with van der Waals surface area (Å²) in [5.41, 5.74) is -0.0206. The van der Waals surface area contributed by atoms with Crippen LogP contribution in [0, 0.1) is 34.5 Å². The summed E-state index contributed by atoms with van der Waals surface area (Å²) in [4.78, 5) is 11.7. The minimum Gasteiger partial charge on any atom is -0.369 e. The molecule has 2 heteroatoms. The molecule has 0 aromatic carbocycles. The zero-order valence-electron chi connectivity index (χ0n) is 13.9. The number of hydrogen-bond donors (Lipinski definition) is 0. The lowest BCUT2D eigenvalue weighted by Gasteiger charge is -2.15. The normalized spacial score (nSPS) is 11.1. The van der Waals surface area contributed by atoms with Crippen molar-refractivity contribution in [3.8, 4) is 23.7 Å². The second-order valence-electron chi connectivity index (χ2n) is 7.17. The molecule has 0 aromatic rings. The minimum atomic E-state index is -0.248. The second-order valence-corrected chi connectivity index (χ2v) is 7.17. The molecule has 0 spiro atoms. The Hall–Kier alpha value is -1.25. The summed E-state index contributed by atoms with van der Waals surface area (Å²) in [6, 6.07) is 0. The molecule has 0 saturated carbocycles. The van der Waals surface area contributed by atoms with Gasteiger partial charge in [0.05, 0.1) is 0 Å². The molecule has 0 unspecified atom stereocenters. The predicted octanol–water partition coefficient (Wildman–Crippen LogP) is 3.84. The molecule has 0 aliphatic heterocycles. The topological polar surface area (TPSA) is 26.3 Å². The summed E-state index contributed by atoms with van der Waals surface area (Å²) < 4.78 is 5.35. The smallest absolute Gasteiger partial charge is 0.138 e. The Morgan fingerprint density at radius 1 is 1.00 bits per heavy atom. The van der Waals surface area contributed by atoms with Crippen molar-refractivity contribution in [3.05, 3.63) is 0 Å². The third-order valence-corrected chi connectivity index (χ3v) is 2.56. The van der Waals surface area contributed by atoms with Crippen molar-refractivity contribution in [2.75, 3.05) is 13.2 Å². The maximum absolute atomic E-state index is 11.7. The number of hydrogen-bond acceptors (Lipinski definition) is 2. The van der Waals surface area contributed by atoms with Gasteiger partial charge in [-0.05, 0) is 23.7 Å². The Bertz CT molecular complexity index is 411. The first-order valence-corrected chi connectivity index (χ1v) is 7.20. The molecule has 0 fully saturated rings. The van der Waals surface area contributed by atoms with Crippen molar-refractivity contribution in [2.45, 2.75) is 60.8 Å². The van der Waals surface area contributed by atoms with E-state index in [4.69, 9.17) is 4.74 Å². The van der Waals surface area contributed by atoms with E-state index in [-0.39, 0.29) is 16.6 Å². The first-order valence-electron chi connectivity index (χ1n) is 7.20. The van der Waals surface area contributed by atoms with E-state index < -0.39 is 0 Å². The lowest BCUT2D eigenvalue weighted by atomic mass is 9.88. The zero-order valence-corrected chi connectivity index (χ0v) is 13.9. The highest BCUT2D eigenvalue weighted by Gasteiger charge is 2.19. The summed E-state index contributed by atoms with van der Waals surface area (Å²) in [7, 11) is 0. The molecule has 112 valence electrons. The minimum absolute atomic E-state index is 0.227. The first-order chi connectivity index (χ1) is 9.13. The van der Waals surface area contributed by atoms with Gasteiger partial charge in [-0.2, -0.15) is 0 Å². The molecule has 0 saturated heterocycles. The van der Waals surface area contributed by atoms with Crippen LogP contribution in [-0.4, -0.2) is 19.0 Å². The van der Waals surface area contributed by atoms with E-state index in [2.05, 4.69) is 44.5 Å². The van der Waals surface area contributed by atoms with Gasteiger partial charge in [0, 0.05) is 24.9 Å². The van der Waals surface area contributed by atoms with Gasteiger partial charge in [-0.3, -0.25) is 4.79 Å². The third kappa shape index (κ3) is 11.8. The predicted molar refractivity (Wildman–Crippen MR) is 84.1 cm³/mol. The first kappa shape index (κ1) is 18.8. The molecule has 0 heterocycles. The summed E-state index contributed by atoms with van der Waals surface area (Å²) >= 11 is 0. The van der Waals surface area contributed by atoms with Crippen molar-refractivity contribution in [1.82, 2.24) is 0 Å². The monoisotopic (exact) mass is 276 g/mol. The Morgan fingerprint density at radius 3 is 2.15 bits per heavy atom. The highest BCUT2D eigenvalue weighted by Crippen LogP contribution is 2.17. The van der Waals surface area contributed by atoms with E-state index in [0.717, 1.165) is 12.8 Å². The SMILES string of the molecule is CC(C)(C)CC#CC#CCOCCCC(=O)C(C)(C)C. The van der Waals surface area contributed by atoms with Crippen molar-refractivity contribution < 1.29 is 9.53 Å². The van der Waals surface area contributed by atoms with Crippen LogP contribution in [-0.2, 0) is 9.53 Å². The fraction of sp³-hybridized carbons (Fsp3) is 0.722. The average Bonchev–Trinajstić information content (AvgIpc) is 2.28. The van der Waals surface area contributed by atoms with Gasteiger partial charge in [0.2, 0.25) is 0 Å². The van der Waals surface area contributed by atoms with Gasteiger partial charge in [-0.1, -0.05) is 53.4 Å². The van der Waals surface area contributed by atoms with Crippen LogP contribution in [0.3, 0.4) is 0 Å². The molecule has 0 atom stereocenters. The van der Waals surface area contributed by atoms with E-state index in [1.807, 2.05) is 20.8 Å². The molecule has 0 N–H and O–H groups in total. The van der Waals surface area contributed by atoms with Gasteiger partial charge in [0.25, 0.3) is 0 Å². The molecule has 0 bridgehead atoms. The van der Waals surface area contributed by atoms with Gasteiger partial charge >= 0.3 is 0 Å². The number of ketones is 1. The van der Waals surface area contributed by atoms with Gasteiger partial charge in [-0.15, -0.1) is 0 Å². The number of ether oxygens (including phenoxy) is 1. The largest absolute Gasteiger partial charge is 0.369 e. The van der Waals surface area contributed by atoms with Crippen LogP contribution in [0.25, 0.3) is 0 Å². The number of Topliss-reactive ketones (excluding diaryl/α,β-unsaturated/α-hetero) is 1. The average molecular weight is 276 g/mol. The summed E-state index contributed by atoms with van der Waals surface area (Å²) in [6.45, 7) is 13.2. The maximum Gasteiger partial charge on any atom is 0.138 e. The molecular weight excluding hydrogens is 248 g/mol. The summed E-state index contributed by atoms with van der Waals surface area (Å²) in [6.07, 6.45) is 2.17. The molecule has 0 rings (SSSR count). The van der Waals surface area contributed by atoms with Crippen LogP contribution in [0.15, 0.2) is 0 Å². The fourth-order valence-corrected chi connectivity index (χ4v) is 1.27. The molecule has 0 amide bonds. The number of rotatable bonds is 5. The molecular formula is C18H28O2. The quantitative estimate of drug-likeness (QED) is 0.563. The van der Waals surface area contributed by atoms with Gasteiger partial charge in [0.15, 0.2) is 0 Å². The molecule has 0 aromatic heterocycles. The van der Waals surface area contributed by atoms with Crippen LogP contribution < -0.4 is 0 Å². The van der Waals surface area contributed by atoms with Crippen molar-refractivity contribution in [3.63, 3.8) is 0 Å². The Balaban J connectivity index is 3.67. The van der Waals surface area contributed by atoms with Crippen molar-refractivity contribution >= 4 is 5.78 Å². The second kappa shape index (κ2) is 8.83. The van der Waals surface area contributed by atoms with Crippen molar-refractivity contribution in [2.24, 2.45) is 10.8 Å². The van der Waals surface area contributed by atoms with Gasteiger partial charge in [0.1, 0.15) is 12.4 Å². The Labute approximate surface area is 124 Å². The van der Waals surface area contributed by atoms with Crippen LogP contribution in [0.5, 0.6) is 0 Å². The summed E-state index contributed by atoms with van der Waals surface area (Å²) in [5, 5.41) is 0. The molecule has 0 aliphatic carbocycles. The van der Waals surface area contributed by atoms with E-state index in [0.29, 0.717) is 19.6 Å². The zero-order chi connectivity index (χ0) is 15.6. The molecule has 0 aliphatic rings. The van der Waals surface area contributed by atoms with Crippen LogP contribution in [0.4, 0.5) is 0 Å². The lowest BCUT2D eigenvalue weighted by molar-refractivity contribution is -0.126. The summed E-state index contributed by atoms with van der Waals surface area (Å²) in [5.74, 6) is 11.8. The van der Waals surface area contributed by atoms with E-state index in [1.54, 1.807) is 0 Å². The molecule has 0 radical (unpaired) electrons. The van der Waals surface area contributed by atoms with Gasteiger partial charge < -0.3 is 4.74 Å². The standard InChI is InChI=1S/C18H28O2/c1-17(2,3)13-9-7-8-10-14-20-15-11-12-16(19)18(4,5)6/h11-15H2,1-6H3. The fourth-order valence-electron chi connectivity index (χ4n) is 1.27. The third-order valence-electron chi connectivity index (χ3n) is 2.56. The maximum atomic E-state index is 11.7. The Kier molecular flexibility index (Phi) is 8.28. The van der Waals surface area contributed by atoms with Gasteiger partial charge in [-0.25, -0.2) is 0 Å². The van der Waals surface area contributed by atoms with Crippen LogP contribution >= 0.6 is 0 Å². The number of carbonyl (C=O) groups excluding carboxylic acids is 1. The highest BCUT2D eigenvalue weighted by atomic mass is 16.5. The van der Waals surface area contributed by atoms with Crippen molar-refractivity contribution in [1.29, 1.82) is 0 Å². The molecule has 2 nitrogen and oxygen atoms in total. The van der Waals surface area contributed by atoms with Crippen LogP contribution in [0.2, 0.25) is 0 Å².